The molecule has 0 radical (unpaired) electrons. The van der Waals surface area contributed by atoms with E-state index < -0.39 is 5.97 Å². The van der Waals surface area contributed by atoms with Crippen molar-refractivity contribution < 1.29 is 24.2 Å². The highest BCUT2D eigenvalue weighted by Crippen LogP contribution is 2.43. The van der Waals surface area contributed by atoms with Gasteiger partial charge in [0, 0.05) is 37.2 Å². The van der Waals surface area contributed by atoms with Crippen molar-refractivity contribution in [3.63, 3.8) is 0 Å². The Labute approximate surface area is 174 Å². The Morgan fingerprint density at radius 1 is 1.28 bits per heavy atom. The van der Waals surface area contributed by atoms with Crippen molar-refractivity contribution in [1.29, 1.82) is 0 Å². The number of rotatable bonds is 2. The van der Waals surface area contributed by atoms with Gasteiger partial charge in [-0.1, -0.05) is 0 Å². The van der Waals surface area contributed by atoms with Gasteiger partial charge in [-0.05, 0) is 50.4 Å². The molecule has 3 aliphatic rings. The third-order valence-corrected chi connectivity index (χ3v) is 7.00. The number of nitrogens with two attached hydrogens (primary N) is 1. The maximum atomic E-state index is 12.9. The molecule has 4 rings (SSSR count). The molecule has 2 amide bonds. The summed E-state index contributed by atoms with van der Waals surface area (Å²) in [5, 5.41) is 10.8. The van der Waals surface area contributed by atoms with Gasteiger partial charge in [0.1, 0.15) is 0 Å². The lowest BCUT2D eigenvalue weighted by Gasteiger charge is -2.40. The average molecular weight is 424 g/mol. The molecule has 2 fully saturated rings. The molecule has 0 saturated carbocycles. The Balaban J connectivity index is 0.000000552. The molecule has 8 nitrogen and oxygen atoms in total. The average Bonchev–Trinajstić information content (AvgIpc) is 3.14. The van der Waals surface area contributed by atoms with Crippen molar-refractivity contribution in [3.05, 3.63) is 21.4 Å². The SMILES string of the molecule is CC(=O)O.NC(=O)C1CCN(C(=O)c2cc3c(s2)CCOC32CCNCC2)CC1. The number of nitrogens with zero attached hydrogens (tertiary/aromatic N) is 1. The van der Waals surface area contributed by atoms with Crippen LogP contribution < -0.4 is 11.1 Å². The van der Waals surface area contributed by atoms with Gasteiger partial charge >= 0.3 is 0 Å². The Bertz CT molecular complexity index is 760. The van der Waals surface area contributed by atoms with Gasteiger partial charge in [0.25, 0.3) is 11.9 Å². The fourth-order valence-electron chi connectivity index (χ4n) is 4.29. The van der Waals surface area contributed by atoms with Crippen molar-refractivity contribution in [2.45, 2.75) is 44.6 Å². The number of carboxylic acid groups (broad SMARTS) is 1. The van der Waals surface area contributed by atoms with E-state index in [0.717, 1.165) is 50.8 Å². The fourth-order valence-corrected chi connectivity index (χ4v) is 5.49. The molecule has 4 heterocycles. The van der Waals surface area contributed by atoms with E-state index in [2.05, 4.69) is 11.4 Å². The predicted molar refractivity (Wildman–Crippen MR) is 109 cm³/mol. The Morgan fingerprint density at radius 2 is 1.90 bits per heavy atom. The predicted octanol–water partition coefficient (Wildman–Crippen LogP) is 1.33. The molecule has 1 spiro atoms. The van der Waals surface area contributed by atoms with E-state index in [-0.39, 0.29) is 23.3 Å². The van der Waals surface area contributed by atoms with Gasteiger partial charge in [-0.2, -0.15) is 0 Å². The first-order valence-corrected chi connectivity index (χ1v) is 10.9. The van der Waals surface area contributed by atoms with Crippen LogP contribution in [0.2, 0.25) is 0 Å². The number of carbonyl (C=O) groups is 3. The van der Waals surface area contributed by atoms with Crippen molar-refractivity contribution in [2.75, 3.05) is 32.8 Å². The second-order valence-corrected chi connectivity index (χ2v) is 8.91. The zero-order valence-electron chi connectivity index (χ0n) is 16.7. The van der Waals surface area contributed by atoms with Gasteiger partial charge in [-0.15, -0.1) is 11.3 Å². The number of primary amides is 1. The molecule has 0 unspecified atom stereocenters. The first-order valence-electron chi connectivity index (χ1n) is 10.1. The number of thiophene rings is 1. The molecule has 9 heteroatoms. The maximum Gasteiger partial charge on any atom is 0.300 e. The highest BCUT2D eigenvalue weighted by Gasteiger charge is 2.41. The Hall–Kier alpha value is -1.97. The Morgan fingerprint density at radius 3 is 2.48 bits per heavy atom. The Kier molecular flexibility index (Phi) is 6.92. The minimum Gasteiger partial charge on any atom is -0.481 e. The van der Waals surface area contributed by atoms with Crippen LogP contribution in [0.5, 0.6) is 0 Å². The van der Waals surface area contributed by atoms with E-state index in [1.807, 2.05) is 4.90 Å². The van der Waals surface area contributed by atoms with Gasteiger partial charge in [0.15, 0.2) is 0 Å². The summed E-state index contributed by atoms with van der Waals surface area (Å²) in [6.45, 7) is 4.96. The molecule has 0 bridgehead atoms. The summed E-state index contributed by atoms with van der Waals surface area (Å²) in [6, 6.07) is 2.08. The normalized spacial score (nSPS) is 21.1. The molecular weight excluding hydrogens is 394 g/mol. The van der Waals surface area contributed by atoms with Crippen LogP contribution in [0.1, 0.15) is 52.7 Å². The molecule has 1 aromatic heterocycles. The summed E-state index contributed by atoms with van der Waals surface area (Å²) in [6.07, 6.45) is 4.17. The molecule has 2 saturated heterocycles. The van der Waals surface area contributed by atoms with Crippen LogP contribution in [0.25, 0.3) is 0 Å². The standard InChI is InChI=1S/C18H25N3O3S.C2H4O2/c19-16(22)12-1-8-21(9-2-12)17(23)15-11-13-14(25-15)3-10-24-18(13)4-6-20-7-5-18;1-2(3)4/h11-12,20H,1-10H2,(H2,19,22);1H3,(H,3,4). The van der Waals surface area contributed by atoms with Gasteiger partial charge < -0.3 is 25.8 Å². The maximum absolute atomic E-state index is 12.9. The van der Waals surface area contributed by atoms with E-state index in [1.54, 1.807) is 11.3 Å². The summed E-state index contributed by atoms with van der Waals surface area (Å²) in [4.78, 5) is 37.2. The third kappa shape index (κ3) is 4.96. The molecule has 0 aromatic carbocycles. The number of hydrogen-bond acceptors (Lipinski definition) is 6. The highest BCUT2D eigenvalue weighted by molar-refractivity contribution is 7.14. The summed E-state index contributed by atoms with van der Waals surface area (Å²) < 4.78 is 6.20. The molecular formula is C20H29N3O5S. The van der Waals surface area contributed by atoms with Gasteiger partial charge in [-0.3, -0.25) is 14.4 Å². The lowest BCUT2D eigenvalue weighted by Crippen LogP contribution is -2.44. The van der Waals surface area contributed by atoms with Gasteiger partial charge in [0.2, 0.25) is 5.91 Å². The van der Waals surface area contributed by atoms with E-state index in [1.165, 1.54) is 10.4 Å². The number of likely N-dealkylation sites (tertiary alicyclic amines) is 1. The lowest BCUT2D eigenvalue weighted by molar-refractivity contribution is -0.134. The highest BCUT2D eigenvalue weighted by atomic mass is 32.1. The van der Waals surface area contributed by atoms with Crippen LogP contribution >= 0.6 is 11.3 Å². The van der Waals surface area contributed by atoms with Gasteiger partial charge in [0.05, 0.1) is 17.1 Å². The molecule has 160 valence electrons. The summed E-state index contributed by atoms with van der Waals surface area (Å²) in [5.41, 5.74) is 6.42. The summed E-state index contributed by atoms with van der Waals surface area (Å²) in [7, 11) is 0. The minimum atomic E-state index is -0.833. The van der Waals surface area contributed by atoms with E-state index in [0.29, 0.717) is 25.9 Å². The van der Waals surface area contributed by atoms with E-state index >= 15 is 0 Å². The van der Waals surface area contributed by atoms with Crippen molar-refractivity contribution >= 4 is 29.1 Å². The number of fused-ring (bicyclic) bond motifs is 2. The number of carbonyl (C=O) groups excluding carboxylic acids is 2. The molecule has 0 aliphatic carbocycles. The largest absolute Gasteiger partial charge is 0.481 e. The smallest absolute Gasteiger partial charge is 0.300 e. The topological polar surface area (TPSA) is 122 Å². The third-order valence-electron chi connectivity index (χ3n) is 5.81. The zero-order chi connectivity index (χ0) is 21.0. The van der Waals surface area contributed by atoms with E-state index in [4.69, 9.17) is 20.4 Å². The lowest BCUT2D eigenvalue weighted by atomic mass is 9.83. The fraction of sp³-hybridized carbons (Fsp3) is 0.650. The van der Waals surface area contributed by atoms with Crippen molar-refractivity contribution in [1.82, 2.24) is 10.2 Å². The summed E-state index contributed by atoms with van der Waals surface area (Å²) >= 11 is 1.63. The number of piperidine rings is 2. The quantitative estimate of drug-likeness (QED) is 0.660. The second-order valence-electron chi connectivity index (χ2n) is 7.78. The van der Waals surface area contributed by atoms with Crippen LogP contribution in [0.4, 0.5) is 0 Å². The van der Waals surface area contributed by atoms with Crippen LogP contribution in [0.3, 0.4) is 0 Å². The molecule has 1 aromatic rings. The van der Waals surface area contributed by atoms with Crippen LogP contribution in [0.15, 0.2) is 6.07 Å². The summed E-state index contributed by atoms with van der Waals surface area (Å²) in [5.74, 6) is -1.08. The number of carboxylic acids is 1. The minimum absolute atomic E-state index is 0.0893. The number of aliphatic carboxylic acids is 1. The number of nitrogens with one attached hydrogen (secondary N) is 1. The van der Waals surface area contributed by atoms with Crippen LogP contribution in [0, 0.1) is 5.92 Å². The number of amides is 2. The van der Waals surface area contributed by atoms with Gasteiger partial charge in [-0.25, -0.2) is 0 Å². The monoisotopic (exact) mass is 423 g/mol. The first kappa shape index (κ1) is 21.7. The second kappa shape index (κ2) is 9.23. The first-order chi connectivity index (χ1) is 13.8. The number of hydrogen-bond donors (Lipinski definition) is 3. The zero-order valence-corrected chi connectivity index (χ0v) is 17.6. The van der Waals surface area contributed by atoms with E-state index in [9.17, 15) is 9.59 Å². The molecule has 29 heavy (non-hydrogen) atoms. The van der Waals surface area contributed by atoms with Crippen LogP contribution in [-0.2, 0) is 26.3 Å². The van der Waals surface area contributed by atoms with Crippen molar-refractivity contribution in [3.8, 4) is 0 Å². The van der Waals surface area contributed by atoms with Crippen LogP contribution in [-0.4, -0.2) is 60.6 Å². The molecule has 4 N–H and O–H groups in total. The molecule has 0 atom stereocenters. The molecule has 3 aliphatic heterocycles. The van der Waals surface area contributed by atoms with Crippen molar-refractivity contribution in [2.24, 2.45) is 11.7 Å². The number of ether oxygens (including phenoxy) is 1.